The van der Waals surface area contributed by atoms with E-state index in [2.05, 4.69) is 10.4 Å². The Morgan fingerprint density at radius 1 is 1.03 bits per heavy atom. The van der Waals surface area contributed by atoms with Crippen molar-refractivity contribution in [2.45, 2.75) is 70.5 Å². The Kier molecular flexibility index (Phi) is 6.72. The lowest BCUT2D eigenvalue weighted by atomic mass is 9.96. The predicted molar refractivity (Wildman–Crippen MR) is 117 cm³/mol. The lowest BCUT2D eigenvalue weighted by Gasteiger charge is -2.20. The van der Waals surface area contributed by atoms with Crippen molar-refractivity contribution in [1.29, 1.82) is 0 Å². The average Bonchev–Trinajstić information content (AvgIpc) is 3.09. The second-order valence-electron chi connectivity index (χ2n) is 8.36. The highest BCUT2D eigenvalue weighted by atomic mass is 35.5. The van der Waals surface area contributed by atoms with Crippen LogP contribution in [0.2, 0.25) is 5.02 Å². The average molecular weight is 429 g/mol. The van der Waals surface area contributed by atoms with E-state index >= 15 is 0 Å². The molecule has 0 bridgehead atoms. The molecule has 160 valence electrons. The van der Waals surface area contributed by atoms with Crippen molar-refractivity contribution in [2.75, 3.05) is 6.54 Å². The summed E-state index contributed by atoms with van der Waals surface area (Å²) in [6, 6.07) is 9.40. The summed E-state index contributed by atoms with van der Waals surface area (Å²) >= 11 is 5.97. The third-order valence-corrected chi connectivity index (χ3v) is 6.30. The van der Waals surface area contributed by atoms with Gasteiger partial charge in [0.2, 0.25) is 0 Å². The van der Waals surface area contributed by atoms with Crippen molar-refractivity contribution in [2.24, 2.45) is 0 Å². The normalized spacial score (nSPS) is 18.3. The second-order valence-corrected chi connectivity index (χ2v) is 8.80. The number of carbonyl (C=O) groups excluding carboxylic acids is 2. The van der Waals surface area contributed by atoms with Gasteiger partial charge >= 0.3 is 0 Å². The summed E-state index contributed by atoms with van der Waals surface area (Å²) in [5, 5.41) is 8.29. The number of rotatable bonds is 4. The molecule has 1 aliphatic carbocycles. The molecule has 0 radical (unpaired) electrons. The van der Waals surface area contributed by atoms with Crippen LogP contribution in [0.4, 0.5) is 0 Å². The van der Waals surface area contributed by atoms with E-state index < -0.39 is 0 Å². The highest BCUT2D eigenvalue weighted by molar-refractivity contribution is 6.30. The molecule has 1 aromatic heterocycles. The van der Waals surface area contributed by atoms with E-state index in [1.165, 1.54) is 19.3 Å². The number of halogens is 1. The first-order valence-electron chi connectivity index (χ1n) is 11.0. The Bertz CT molecular complexity index is 885. The maximum atomic E-state index is 13.1. The quantitative estimate of drug-likeness (QED) is 0.783. The van der Waals surface area contributed by atoms with Gasteiger partial charge in [-0.05, 0) is 37.0 Å². The molecule has 0 unspecified atom stereocenters. The first-order chi connectivity index (χ1) is 14.6. The van der Waals surface area contributed by atoms with Crippen LogP contribution >= 0.6 is 11.6 Å². The van der Waals surface area contributed by atoms with Crippen LogP contribution < -0.4 is 5.32 Å². The maximum Gasteiger partial charge on any atom is 0.272 e. The number of hydrogen-bond acceptors (Lipinski definition) is 3. The summed E-state index contributed by atoms with van der Waals surface area (Å²) < 4.78 is 1.69. The number of hydrogen-bond donors (Lipinski definition) is 1. The molecule has 0 spiro atoms. The first kappa shape index (κ1) is 20.9. The fourth-order valence-electron chi connectivity index (χ4n) is 4.37. The van der Waals surface area contributed by atoms with E-state index in [4.69, 9.17) is 11.6 Å². The monoisotopic (exact) mass is 428 g/mol. The summed E-state index contributed by atoms with van der Waals surface area (Å²) in [6.45, 7) is 1.81. The molecule has 1 aromatic carbocycles. The number of carbonyl (C=O) groups is 2. The Labute approximate surface area is 182 Å². The van der Waals surface area contributed by atoms with Crippen LogP contribution in [0.1, 0.15) is 77.9 Å². The van der Waals surface area contributed by atoms with Gasteiger partial charge in [0.1, 0.15) is 5.69 Å². The van der Waals surface area contributed by atoms with Crippen LogP contribution in [-0.2, 0) is 13.1 Å². The topological polar surface area (TPSA) is 67.2 Å². The van der Waals surface area contributed by atoms with E-state index in [-0.39, 0.29) is 17.9 Å². The summed E-state index contributed by atoms with van der Waals surface area (Å²) in [4.78, 5) is 27.7. The van der Waals surface area contributed by atoms with Crippen LogP contribution in [0, 0.1) is 0 Å². The van der Waals surface area contributed by atoms with Crippen molar-refractivity contribution in [3.8, 4) is 0 Å². The minimum Gasteiger partial charge on any atom is -0.348 e. The number of amides is 2. The van der Waals surface area contributed by atoms with Crippen LogP contribution in [0.15, 0.2) is 30.3 Å². The van der Waals surface area contributed by atoms with Gasteiger partial charge in [-0.2, -0.15) is 5.10 Å². The molecule has 1 N–H and O–H groups in total. The molecule has 30 heavy (non-hydrogen) atoms. The number of nitrogens with zero attached hydrogens (tertiary/aromatic N) is 3. The zero-order valence-corrected chi connectivity index (χ0v) is 18.0. The number of benzene rings is 1. The van der Waals surface area contributed by atoms with Gasteiger partial charge in [-0.25, -0.2) is 0 Å². The third-order valence-electron chi connectivity index (χ3n) is 6.04. The Hall–Kier alpha value is -2.34. The van der Waals surface area contributed by atoms with Crippen LogP contribution in [0.5, 0.6) is 0 Å². The molecule has 0 saturated heterocycles. The third kappa shape index (κ3) is 5.04. The van der Waals surface area contributed by atoms with Crippen LogP contribution in [0.25, 0.3) is 0 Å². The fraction of sp³-hybridized carbons (Fsp3) is 0.522. The largest absolute Gasteiger partial charge is 0.348 e. The van der Waals surface area contributed by atoms with Crippen molar-refractivity contribution in [1.82, 2.24) is 20.0 Å². The number of nitrogens with one attached hydrogen (secondary N) is 1. The van der Waals surface area contributed by atoms with Gasteiger partial charge in [0.15, 0.2) is 5.69 Å². The van der Waals surface area contributed by atoms with E-state index in [9.17, 15) is 9.59 Å². The summed E-state index contributed by atoms with van der Waals surface area (Å²) in [7, 11) is 0. The minimum atomic E-state index is -0.168. The summed E-state index contributed by atoms with van der Waals surface area (Å²) in [6.07, 6.45) is 8.93. The van der Waals surface area contributed by atoms with E-state index in [1.807, 2.05) is 29.2 Å². The standard InChI is InChI=1S/C23H29ClN4O2/c24-18-11-9-17(10-12-18)16-27-13-6-14-28-21(23(27)30)15-20(26-28)22(29)25-19-7-4-2-1-3-5-8-19/h9-12,15,19H,1-8,13-14,16H2,(H,25,29). The molecular formula is C23H29ClN4O2. The minimum absolute atomic E-state index is 0.0834. The molecule has 1 saturated carbocycles. The Morgan fingerprint density at radius 2 is 1.73 bits per heavy atom. The zero-order valence-electron chi connectivity index (χ0n) is 17.3. The second kappa shape index (κ2) is 9.65. The fourth-order valence-corrected chi connectivity index (χ4v) is 4.49. The van der Waals surface area contributed by atoms with Crippen molar-refractivity contribution in [3.05, 3.63) is 52.3 Å². The molecule has 2 amide bonds. The Morgan fingerprint density at radius 3 is 2.47 bits per heavy atom. The van der Waals surface area contributed by atoms with Crippen molar-refractivity contribution in [3.63, 3.8) is 0 Å². The molecule has 0 atom stereocenters. The molecule has 2 heterocycles. The molecule has 4 rings (SSSR count). The molecule has 1 aliphatic heterocycles. The van der Waals surface area contributed by atoms with Gasteiger partial charge in [-0.3, -0.25) is 14.3 Å². The molecule has 1 fully saturated rings. The summed E-state index contributed by atoms with van der Waals surface area (Å²) in [5.74, 6) is -0.252. The maximum absolute atomic E-state index is 13.1. The smallest absolute Gasteiger partial charge is 0.272 e. The van der Waals surface area contributed by atoms with Gasteiger partial charge in [-0.1, -0.05) is 55.8 Å². The lowest BCUT2D eigenvalue weighted by molar-refractivity contribution is 0.0745. The van der Waals surface area contributed by atoms with Crippen LogP contribution in [-0.4, -0.2) is 39.1 Å². The number of aromatic nitrogens is 2. The van der Waals surface area contributed by atoms with E-state index in [0.29, 0.717) is 36.0 Å². The van der Waals surface area contributed by atoms with Gasteiger partial charge in [0.25, 0.3) is 11.8 Å². The molecule has 7 heteroatoms. The van der Waals surface area contributed by atoms with Gasteiger partial charge < -0.3 is 10.2 Å². The first-order valence-corrected chi connectivity index (χ1v) is 11.4. The molecular weight excluding hydrogens is 400 g/mol. The van der Waals surface area contributed by atoms with Gasteiger partial charge in [0.05, 0.1) is 0 Å². The van der Waals surface area contributed by atoms with Gasteiger partial charge in [0, 0.05) is 36.8 Å². The predicted octanol–water partition coefficient (Wildman–Crippen LogP) is 4.43. The lowest BCUT2D eigenvalue weighted by Crippen LogP contribution is -2.35. The zero-order chi connectivity index (χ0) is 20.9. The molecule has 2 aromatic rings. The van der Waals surface area contributed by atoms with E-state index in [0.717, 1.165) is 37.7 Å². The Balaban J connectivity index is 1.45. The van der Waals surface area contributed by atoms with Crippen molar-refractivity contribution >= 4 is 23.4 Å². The highest BCUT2D eigenvalue weighted by Gasteiger charge is 2.27. The SMILES string of the molecule is O=C(NC1CCCCCCC1)c1cc2n(n1)CCCN(Cc1ccc(Cl)cc1)C2=O. The van der Waals surface area contributed by atoms with Crippen molar-refractivity contribution < 1.29 is 9.59 Å². The summed E-state index contributed by atoms with van der Waals surface area (Å²) in [5.41, 5.74) is 1.86. The van der Waals surface area contributed by atoms with Gasteiger partial charge in [-0.15, -0.1) is 0 Å². The van der Waals surface area contributed by atoms with E-state index in [1.54, 1.807) is 10.7 Å². The number of aryl methyl sites for hydroxylation is 1. The molecule has 6 nitrogen and oxygen atoms in total. The molecule has 2 aliphatic rings. The highest BCUT2D eigenvalue weighted by Crippen LogP contribution is 2.20. The van der Waals surface area contributed by atoms with Crippen LogP contribution in [0.3, 0.4) is 0 Å². The number of fused-ring (bicyclic) bond motifs is 1.